The second-order valence-corrected chi connectivity index (χ2v) is 5.40. The Balaban J connectivity index is 1.55. The summed E-state index contributed by atoms with van der Waals surface area (Å²) < 4.78 is 11.0. The van der Waals surface area contributed by atoms with Crippen molar-refractivity contribution in [2.24, 2.45) is 0 Å². The minimum atomic E-state index is 0.252. The van der Waals surface area contributed by atoms with E-state index in [1.54, 1.807) is 0 Å². The number of fused-ring (bicyclic) bond motifs is 1. The number of hydrogen-bond donors (Lipinski definition) is 1. The van der Waals surface area contributed by atoms with Crippen LogP contribution >= 0.6 is 0 Å². The molecule has 1 atom stereocenters. The smallest absolute Gasteiger partial charge is 0.257 e. The summed E-state index contributed by atoms with van der Waals surface area (Å²) in [6, 6.07) is 6.27. The maximum Gasteiger partial charge on any atom is 0.257 e. The molecule has 2 aliphatic rings. The van der Waals surface area contributed by atoms with Crippen LogP contribution < -0.4 is 5.32 Å². The number of anilines is 1. The number of benzene rings is 1. The number of ether oxygens (including phenoxy) is 1. The van der Waals surface area contributed by atoms with Gasteiger partial charge in [0, 0.05) is 30.8 Å². The zero-order chi connectivity index (χ0) is 13.4. The zero-order valence-electron chi connectivity index (χ0n) is 11.3. The lowest BCUT2D eigenvalue weighted by Gasteiger charge is -2.04. The van der Waals surface area contributed by atoms with Gasteiger partial charge in [-0.3, -0.25) is 0 Å². The van der Waals surface area contributed by atoms with Gasteiger partial charge < -0.3 is 14.6 Å². The normalized spacial score (nSPS) is 20.9. The van der Waals surface area contributed by atoms with Crippen molar-refractivity contribution in [1.29, 1.82) is 0 Å². The molecule has 4 rings (SSSR count). The van der Waals surface area contributed by atoms with Crippen LogP contribution in [0.15, 0.2) is 22.7 Å². The molecule has 1 fully saturated rings. The highest BCUT2D eigenvalue weighted by molar-refractivity contribution is 5.66. The Kier molecular flexibility index (Phi) is 2.92. The summed E-state index contributed by atoms with van der Waals surface area (Å²) in [6.07, 6.45) is 4.30. The van der Waals surface area contributed by atoms with Gasteiger partial charge in [0.25, 0.3) is 5.89 Å². The van der Waals surface area contributed by atoms with E-state index in [2.05, 4.69) is 33.7 Å². The molecule has 1 saturated heterocycles. The van der Waals surface area contributed by atoms with Crippen molar-refractivity contribution >= 4 is 5.69 Å². The average molecular weight is 271 g/mol. The van der Waals surface area contributed by atoms with Crippen molar-refractivity contribution < 1.29 is 9.26 Å². The van der Waals surface area contributed by atoms with E-state index in [9.17, 15) is 0 Å². The van der Waals surface area contributed by atoms with Crippen LogP contribution in [0.1, 0.15) is 24.2 Å². The molecule has 5 heteroatoms. The largest absolute Gasteiger partial charge is 0.384 e. The molecule has 0 radical (unpaired) electrons. The van der Waals surface area contributed by atoms with Crippen LogP contribution in [0, 0.1) is 0 Å². The Morgan fingerprint density at radius 1 is 1.35 bits per heavy atom. The number of nitrogens with one attached hydrogen (secondary N) is 1. The highest BCUT2D eigenvalue weighted by Gasteiger charge is 2.20. The molecule has 104 valence electrons. The maximum absolute atomic E-state index is 5.60. The highest BCUT2D eigenvalue weighted by atomic mass is 16.5. The molecule has 20 heavy (non-hydrogen) atoms. The summed E-state index contributed by atoms with van der Waals surface area (Å²) in [6.45, 7) is 1.86. The Morgan fingerprint density at radius 3 is 3.25 bits per heavy atom. The van der Waals surface area contributed by atoms with Crippen molar-refractivity contribution in [3.8, 4) is 11.5 Å². The number of nitrogens with zero attached hydrogens (tertiary/aromatic N) is 2. The first kappa shape index (κ1) is 11.9. The Bertz CT molecular complexity index is 617. The lowest BCUT2D eigenvalue weighted by atomic mass is 10.1. The third-order valence-corrected chi connectivity index (χ3v) is 3.97. The monoisotopic (exact) mass is 271 g/mol. The van der Waals surface area contributed by atoms with Crippen LogP contribution in [0.25, 0.3) is 11.5 Å². The average Bonchev–Trinajstić information content (AvgIpc) is 3.19. The molecule has 3 heterocycles. The molecule has 5 nitrogen and oxygen atoms in total. The topological polar surface area (TPSA) is 60.2 Å². The summed E-state index contributed by atoms with van der Waals surface area (Å²) in [5.74, 6) is 1.33. The molecule has 1 aromatic heterocycles. The van der Waals surface area contributed by atoms with Gasteiger partial charge in [0.05, 0.1) is 6.10 Å². The summed E-state index contributed by atoms with van der Waals surface area (Å²) in [5.41, 5.74) is 3.51. The van der Waals surface area contributed by atoms with Gasteiger partial charge in [-0.05, 0) is 37.0 Å². The van der Waals surface area contributed by atoms with Gasteiger partial charge in [0.15, 0.2) is 5.82 Å². The standard InChI is InChI=1S/C15H17N3O2/c1-2-12(19-7-1)9-14-17-15(20-18-14)11-4-3-10-5-6-16-13(10)8-11/h3-4,8,12,16H,1-2,5-7,9H2. The Labute approximate surface area is 117 Å². The fourth-order valence-corrected chi connectivity index (χ4v) is 2.89. The third-order valence-electron chi connectivity index (χ3n) is 3.97. The molecule has 2 aromatic rings. The van der Waals surface area contributed by atoms with Gasteiger partial charge in [0.1, 0.15) is 0 Å². The van der Waals surface area contributed by atoms with Crippen LogP contribution in [-0.4, -0.2) is 29.4 Å². The predicted molar refractivity (Wildman–Crippen MR) is 74.6 cm³/mol. The van der Waals surface area contributed by atoms with Crippen LogP contribution in [-0.2, 0) is 17.6 Å². The molecule has 2 aliphatic heterocycles. The fraction of sp³-hybridized carbons (Fsp3) is 0.467. The lowest BCUT2D eigenvalue weighted by molar-refractivity contribution is 0.109. The summed E-state index contributed by atoms with van der Waals surface area (Å²) in [4.78, 5) is 4.48. The maximum atomic E-state index is 5.60. The van der Waals surface area contributed by atoms with E-state index < -0.39 is 0 Å². The molecule has 0 spiro atoms. The molecule has 0 bridgehead atoms. The van der Waals surface area contributed by atoms with E-state index in [-0.39, 0.29) is 6.10 Å². The summed E-state index contributed by atoms with van der Waals surface area (Å²) in [7, 11) is 0. The molecule has 0 aliphatic carbocycles. The van der Waals surface area contributed by atoms with Gasteiger partial charge in [-0.25, -0.2) is 0 Å². The first-order valence-corrected chi connectivity index (χ1v) is 7.20. The van der Waals surface area contributed by atoms with E-state index in [4.69, 9.17) is 9.26 Å². The summed E-state index contributed by atoms with van der Waals surface area (Å²) >= 11 is 0. The number of aromatic nitrogens is 2. The number of rotatable bonds is 3. The Hall–Kier alpha value is -1.88. The second-order valence-electron chi connectivity index (χ2n) is 5.40. The second kappa shape index (κ2) is 4.90. The number of hydrogen-bond acceptors (Lipinski definition) is 5. The van der Waals surface area contributed by atoms with Gasteiger partial charge in [0.2, 0.25) is 0 Å². The van der Waals surface area contributed by atoms with Crippen molar-refractivity contribution in [1.82, 2.24) is 10.1 Å². The molecular weight excluding hydrogens is 254 g/mol. The van der Waals surface area contributed by atoms with Crippen molar-refractivity contribution in [3.63, 3.8) is 0 Å². The van der Waals surface area contributed by atoms with E-state index in [0.29, 0.717) is 5.89 Å². The zero-order valence-corrected chi connectivity index (χ0v) is 11.3. The van der Waals surface area contributed by atoms with Crippen molar-refractivity contribution in [3.05, 3.63) is 29.6 Å². The summed E-state index contributed by atoms with van der Waals surface area (Å²) in [5, 5.41) is 7.43. The Morgan fingerprint density at radius 2 is 2.35 bits per heavy atom. The molecule has 1 unspecified atom stereocenters. The van der Waals surface area contributed by atoms with Gasteiger partial charge in [-0.15, -0.1) is 0 Å². The van der Waals surface area contributed by atoms with Crippen molar-refractivity contribution in [2.45, 2.75) is 31.8 Å². The lowest BCUT2D eigenvalue weighted by Crippen LogP contribution is -2.09. The minimum absolute atomic E-state index is 0.252. The molecular formula is C15H17N3O2. The van der Waals surface area contributed by atoms with Gasteiger partial charge in [-0.2, -0.15) is 4.98 Å². The highest BCUT2D eigenvalue weighted by Crippen LogP contribution is 2.28. The minimum Gasteiger partial charge on any atom is -0.384 e. The van der Waals surface area contributed by atoms with E-state index >= 15 is 0 Å². The van der Waals surface area contributed by atoms with Crippen LogP contribution in [0.5, 0.6) is 0 Å². The fourth-order valence-electron chi connectivity index (χ4n) is 2.89. The van der Waals surface area contributed by atoms with Crippen molar-refractivity contribution in [2.75, 3.05) is 18.5 Å². The quantitative estimate of drug-likeness (QED) is 0.929. The SMILES string of the molecule is c1cc2c(cc1-c1nc(CC3CCCO3)no1)NCC2. The van der Waals surface area contributed by atoms with E-state index in [1.165, 1.54) is 11.3 Å². The molecule has 1 N–H and O–H groups in total. The first-order chi connectivity index (χ1) is 9.88. The van der Waals surface area contributed by atoms with Crippen LogP contribution in [0.2, 0.25) is 0 Å². The third kappa shape index (κ3) is 2.18. The molecule has 0 saturated carbocycles. The van der Waals surface area contributed by atoms with Crippen LogP contribution in [0.4, 0.5) is 5.69 Å². The predicted octanol–water partition coefficient (Wildman–Crippen LogP) is 2.43. The first-order valence-electron chi connectivity index (χ1n) is 7.20. The van der Waals surface area contributed by atoms with Gasteiger partial charge in [-0.1, -0.05) is 11.2 Å². The van der Waals surface area contributed by atoms with E-state index in [1.807, 2.05) is 0 Å². The molecule has 0 amide bonds. The van der Waals surface area contributed by atoms with E-state index in [0.717, 1.165) is 50.2 Å². The van der Waals surface area contributed by atoms with Crippen LogP contribution in [0.3, 0.4) is 0 Å². The van der Waals surface area contributed by atoms with Gasteiger partial charge >= 0.3 is 0 Å². The molecule has 1 aromatic carbocycles.